The van der Waals surface area contributed by atoms with Gasteiger partial charge in [-0.15, -0.1) is 0 Å². The maximum absolute atomic E-state index is 11.9. The molecule has 0 aliphatic rings. The summed E-state index contributed by atoms with van der Waals surface area (Å²) in [5.74, 6) is -0.213. The van der Waals surface area contributed by atoms with Gasteiger partial charge in [-0.25, -0.2) is 5.43 Å². The van der Waals surface area contributed by atoms with Gasteiger partial charge in [-0.3, -0.25) is 9.59 Å². The van der Waals surface area contributed by atoms with Gasteiger partial charge in [0.05, 0.1) is 12.8 Å². The molecule has 2 rings (SSSR count). The molecule has 2 N–H and O–H groups in total. The molecule has 0 heterocycles. The van der Waals surface area contributed by atoms with E-state index >= 15 is 0 Å². The molecule has 2 aromatic rings. The Morgan fingerprint density at radius 1 is 1.15 bits per heavy atom. The van der Waals surface area contributed by atoms with Gasteiger partial charge < -0.3 is 10.1 Å². The summed E-state index contributed by atoms with van der Waals surface area (Å²) in [6, 6.07) is 14.5. The summed E-state index contributed by atoms with van der Waals surface area (Å²) >= 11 is 3.41. The van der Waals surface area contributed by atoms with Crippen LogP contribution in [-0.2, 0) is 9.59 Å². The number of hydrogen-bond acceptors (Lipinski definition) is 4. The number of ether oxygens (including phenoxy) is 1. The van der Waals surface area contributed by atoms with E-state index in [1.807, 2.05) is 24.3 Å². The molecular formula is C20H22BrN3O3. The zero-order chi connectivity index (χ0) is 19.5. The van der Waals surface area contributed by atoms with Crippen LogP contribution in [0, 0.1) is 0 Å². The lowest BCUT2D eigenvalue weighted by Crippen LogP contribution is -2.24. The summed E-state index contributed by atoms with van der Waals surface area (Å²) in [6.45, 7) is 2.71. The molecule has 2 aromatic carbocycles. The molecule has 0 atom stereocenters. The van der Waals surface area contributed by atoms with E-state index in [1.165, 1.54) is 6.21 Å². The van der Waals surface area contributed by atoms with Crippen molar-refractivity contribution in [2.45, 2.75) is 26.2 Å². The van der Waals surface area contributed by atoms with E-state index < -0.39 is 11.8 Å². The second kappa shape index (κ2) is 11.1. The van der Waals surface area contributed by atoms with Crippen molar-refractivity contribution in [1.29, 1.82) is 0 Å². The first-order valence-corrected chi connectivity index (χ1v) is 9.47. The minimum atomic E-state index is -0.497. The van der Waals surface area contributed by atoms with Crippen molar-refractivity contribution < 1.29 is 14.3 Å². The Hall–Kier alpha value is -2.67. The van der Waals surface area contributed by atoms with Gasteiger partial charge in [0, 0.05) is 15.7 Å². The number of amides is 2. The summed E-state index contributed by atoms with van der Waals surface area (Å²) in [4.78, 5) is 23.7. The van der Waals surface area contributed by atoms with Crippen molar-refractivity contribution in [3.8, 4) is 5.75 Å². The fraction of sp³-hybridized carbons (Fsp3) is 0.250. The number of benzene rings is 2. The van der Waals surface area contributed by atoms with Crippen LogP contribution >= 0.6 is 15.9 Å². The Kier molecular flexibility index (Phi) is 8.51. The number of para-hydroxylation sites is 1. The monoisotopic (exact) mass is 431 g/mol. The molecule has 0 aliphatic carbocycles. The Bertz CT molecular complexity index is 794. The van der Waals surface area contributed by atoms with Crippen LogP contribution in [0.15, 0.2) is 58.1 Å². The maximum Gasteiger partial charge on any atom is 0.249 e. The lowest BCUT2D eigenvalue weighted by atomic mass is 10.2. The molecule has 0 bridgehead atoms. The van der Waals surface area contributed by atoms with E-state index in [4.69, 9.17) is 4.74 Å². The van der Waals surface area contributed by atoms with Gasteiger partial charge in [0.1, 0.15) is 12.2 Å². The van der Waals surface area contributed by atoms with E-state index in [0.29, 0.717) is 18.0 Å². The average molecular weight is 432 g/mol. The molecule has 2 amide bonds. The highest BCUT2D eigenvalue weighted by Crippen LogP contribution is 2.22. The van der Waals surface area contributed by atoms with Crippen molar-refractivity contribution in [3.63, 3.8) is 0 Å². The van der Waals surface area contributed by atoms with Crippen LogP contribution in [0.25, 0.3) is 0 Å². The predicted molar refractivity (Wildman–Crippen MR) is 110 cm³/mol. The molecule has 7 heteroatoms. The topological polar surface area (TPSA) is 79.8 Å². The summed E-state index contributed by atoms with van der Waals surface area (Å²) in [5.41, 5.74) is 3.73. The second-order valence-corrected chi connectivity index (χ2v) is 6.68. The molecule has 0 saturated heterocycles. The molecule has 0 radical (unpaired) electrons. The van der Waals surface area contributed by atoms with Crippen molar-refractivity contribution in [1.82, 2.24) is 5.43 Å². The first-order chi connectivity index (χ1) is 13.1. The van der Waals surface area contributed by atoms with Crippen LogP contribution in [0.3, 0.4) is 0 Å². The molecule has 0 saturated carbocycles. The van der Waals surface area contributed by atoms with E-state index in [1.54, 1.807) is 24.3 Å². The van der Waals surface area contributed by atoms with Crippen LogP contribution in [0.1, 0.15) is 31.7 Å². The molecule has 0 aromatic heterocycles. The minimum absolute atomic E-state index is 0.315. The van der Waals surface area contributed by atoms with E-state index in [-0.39, 0.29) is 6.42 Å². The number of halogens is 1. The number of rotatable bonds is 9. The zero-order valence-corrected chi connectivity index (χ0v) is 16.7. The standard InChI is InChI=1S/C20H22BrN3O3/c1-2-3-11-27-18-10-9-16(21)12-15(18)14-22-24-20(26)13-19(25)23-17-7-5-4-6-8-17/h4-10,12,14H,2-3,11,13H2,1H3,(H,23,25)(H,24,26). The molecule has 0 aliphatic heterocycles. The van der Waals surface area contributed by atoms with Crippen molar-refractivity contribution in [2.75, 3.05) is 11.9 Å². The Morgan fingerprint density at radius 3 is 2.67 bits per heavy atom. The normalized spacial score (nSPS) is 10.6. The second-order valence-electron chi connectivity index (χ2n) is 5.77. The van der Waals surface area contributed by atoms with Gasteiger partial charge in [0.25, 0.3) is 0 Å². The highest BCUT2D eigenvalue weighted by atomic mass is 79.9. The van der Waals surface area contributed by atoms with Crippen molar-refractivity contribution in [2.24, 2.45) is 5.10 Å². The van der Waals surface area contributed by atoms with Gasteiger partial charge in [0.15, 0.2) is 0 Å². The smallest absolute Gasteiger partial charge is 0.249 e. The van der Waals surface area contributed by atoms with E-state index in [9.17, 15) is 9.59 Å². The predicted octanol–water partition coefficient (Wildman–Crippen LogP) is 4.11. The number of carbonyl (C=O) groups excluding carboxylic acids is 2. The highest BCUT2D eigenvalue weighted by molar-refractivity contribution is 9.10. The molecule has 0 fully saturated rings. The summed E-state index contributed by atoms with van der Waals surface area (Å²) < 4.78 is 6.61. The van der Waals surface area contributed by atoms with Crippen LogP contribution in [0.2, 0.25) is 0 Å². The van der Waals surface area contributed by atoms with Crippen LogP contribution in [-0.4, -0.2) is 24.6 Å². The molecular weight excluding hydrogens is 410 g/mol. The number of hydrogen-bond donors (Lipinski definition) is 2. The first kappa shape index (κ1) is 20.6. The van der Waals surface area contributed by atoms with Crippen LogP contribution in [0.5, 0.6) is 5.75 Å². The SMILES string of the molecule is CCCCOc1ccc(Br)cc1C=NNC(=O)CC(=O)Nc1ccccc1. The quantitative estimate of drug-likeness (QED) is 0.271. The fourth-order valence-electron chi connectivity index (χ4n) is 2.16. The van der Waals surface area contributed by atoms with Gasteiger partial charge in [-0.2, -0.15) is 5.10 Å². The number of nitrogens with zero attached hydrogens (tertiary/aromatic N) is 1. The number of unbranched alkanes of at least 4 members (excludes halogenated alkanes) is 1. The van der Waals surface area contributed by atoms with Crippen molar-refractivity contribution in [3.05, 3.63) is 58.6 Å². The van der Waals surface area contributed by atoms with Gasteiger partial charge in [-0.05, 0) is 36.8 Å². The Labute approximate surface area is 167 Å². The maximum atomic E-state index is 11.9. The third-order valence-corrected chi connectivity index (χ3v) is 3.99. The Balaban J connectivity index is 1.87. The molecule has 6 nitrogen and oxygen atoms in total. The van der Waals surface area contributed by atoms with Crippen molar-refractivity contribution >= 4 is 39.6 Å². The number of carbonyl (C=O) groups is 2. The summed E-state index contributed by atoms with van der Waals surface area (Å²) in [6.07, 6.45) is 3.19. The molecule has 0 unspecified atom stereocenters. The third kappa shape index (κ3) is 7.62. The van der Waals surface area contributed by atoms with Gasteiger partial charge in [0.2, 0.25) is 11.8 Å². The number of anilines is 1. The van der Waals surface area contributed by atoms with Gasteiger partial charge >= 0.3 is 0 Å². The lowest BCUT2D eigenvalue weighted by molar-refractivity contribution is -0.126. The minimum Gasteiger partial charge on any atom is -0.493 e. The molecule has 27 heavy (non-hydrogen) atoms. The summed E-state index contributed by atoms with van der Waals surface area (Å²) in [5, 5.41) is 6.57. The van der Waals surface area contributed by atoms with E-state index in [2.05, 4.69) is 38.7 Å². The van der Waals surface area contributed by atoms with Crippen LogP contribution in [0.4, 0.5) is 5.69 Å². The third-order valence-electron chi connectivity index (χ3n) is 3.50. The molecule has 0 spiro atoms. The van der Waals surface area contributed by atoms with Crippen LogP contribution < -0.4 is 15.5 Å². The van der Waals surface area contributed by atoms with E-state index in [0.717, 1.165) is 22.9 Å². The summed E-state index contributed by atoms with van der Waals surface area (Å²) in [7, 11) is 0. The average Bonchev–Trinajstić information content (AvgIpc) is 2.64. The Morgan fingerprint density at radius 2 is 1.93 bits per heavy atom. The molecule has 142 valence electrons. The highest BCUT2D eigenvalue weighted by Gasteiger charge is 2.09. The zero-order valence-electron chi connectivity index (χ0n) is 15.1. The fourth-order valence-corrected chi connectivity index (χ4v) is 2.54. The number of nitrogens with one attached hydrogen (secondary N) is 2. The first-order valence-electron chi connectivity index (χ1n) is 8.67. The lowest BCUT2D eigenvalue weighted by Gasteiger charge is -2.09. The largest absolute Gasteiger partial charge is 0.493 e. The van der Waals surface area contributed by atoms with Gasteiger partial charge in [-0.1, -0.05) is 47.5 Å². The number of hydrazone groups is 1.